The summed E-state index contributed by atoms with van der Waals surface area (Å²) in [6, 6.07) is 23.6. The highest BCUT2D eigenvalue weighted by Crippen LogP contribution is 2.45. The van der Waals surface area contributed by atoms with Crippen molar-refractivity contribution in [3.8, 4) is 22.9 Å². The molecule has 0 bridgehead atoms. The van der Waals surface area contributed by atoms with Crippen molar-refractivity contribution in [3.63, 3.8) is 0 Å². The van der Waals surface area contributed by atoms with Gasteiger partial charge < -0.3 is 19.4 Å². The lowest BCUT2D eigenvalue weighted by atomic mass is 9.89. The fraction of sp³-hybridized carbons (Fsp3) is 0.226. The van der Waals surface area contributed by atoms with Crippen LogP contribution in [0.5, 0.6) is 11.5 Å². The van der Waals surface area contributed by atoms with Crippen molar-refractivity contribution in [2.45, 2.75) is 24.8 Å². The third-order valence-corrected chi connectivity index (χ3v) is 8.52. The number of benzene rings is 3. The summed E-state index contributed by atoms with van der Waals surface area (Å²) in [5, 5.41) is 2.49. The first-order chi connectivity index (χ1) is 19.5. The Balaban J connectivity index is 1.11. The fourth-order valence-corrected chi connectivity index (χ4v) is 6.45. The zero-order valence-electron chi connectivity index (χ0n) is 21.8. The number of nitrogens with one attached hydrogen (secondary N) is 1. The van der Waals surface area contributed by atoms with Gasteiger partial charge in [0, 0.05) is 6.42 Å². The molecule has 9 heteroatoms. The SMILES string of the molecule is CC1C(COc2ccccc2-c2nc3ccccc3c(=O)[nH]2)=CSC2C(CC(=O)COc3ccccc3)C(=O)N12. The lowest BCUT2D eigenvalue weighted by Crippen LogP contribution is -2.64. The number of thioether (sulfide) groups is 1. The first-order valence-electron chi connectivity index (χ1n) is 13.1. The first kappa shape index (κ1) is 25.9. The van der Waals surface area contributed by atoms with Gasteiger partial charge in [0.2, 0.25) is 5.91 Å². The number of nitrogens with zero attached hydrogens (tertiary/aromatic N) is 2. The normalized spacial score (nSPS) is 19.9. The number of ketones is 1. The first-order valence-corrected chi connectivity index (χ1v) is 14.0. The standard InChI is InChI=1S/C31H27N3O5S/c1-19-20(18-40-31-25(30(37)34(19)31)15-21(35)17-38-22-9-3-2-4-10-22)16-39-27-14-8-6-12-24(27)28-32-26-13-7-5-11-23(26)29(36)33-28/h2-14,18-19,25,31H,15-17H2,1H3,(H,32,33,36). The largest absolute Gasteiger partial charge is 0.488 e. The molecule has 1 amide bonds. The van der Waals surface area contributed by atoms with Crippen LogP contribution >= 0.6 is 11.8 Å². The van der Waals surface area contributed by atoms with Crippen molar-refractivity contribution >= 4 is 34.4 Å². The molecule has 6 rings (SSSR count). The van der Waals surface area contributed by atoms with E-state index in [0.717, 1.165) is 5.57 Å². The number of carbonyl (C=O) groups excluding carboxylic acids is 2. The zero-order chi connectivity index (χ0) is 27.6. The molecule has 0 spiro atoms. The van der Waals surface area contributed by atoms with Gasteiger partial charge in [-0.2, -0.15) is 0 Å². The number of fused-ring (bicyclic) bond motifs is 2. The second-order valence-corrected chi connectivity index (χ2v) is 10.8. The summed E-state index contributed by atoms with van der Waals surface area (Å²) >= 11 is 1.54. The highest BCUT2D eigenvalue weighted by atomic mass is 32.2. The Labute approximate surface area is 235 Å². The van der Waals surface area contributed by atoms with Gasteiger partial charge in [-0.1, -0.05) is 42.5 Å². The van der Waals surface area contributed by atoms with Crippen LogP contribution in [0.25, 0.3) is 22.3 Å². The molecular formula is C31H27N3O5S. The molecule has 3 atom stereocenters. The van der Waals surface area contributed by atoms with E-state index in [0.29, 0.717) is 33.8 Å². The van der Waals surface area contributed by atoms with Gasteiger partial charge in [0.05, 0.1) is 33.8 Å². The Hall–Kier alpha value is -4.37. The van der Waals surface area contributed by atoms with Gasteiger partial charge in [0.15, 0.2) is 5.78 Å². The predicted octanol–water partition coefficient (Wildman–Crippen LogP) is 4.81. The van der Waals surface area contributed by atoms with Gasteiger partial charge in [-0.15, -0.1) is 11.8 Å². The number of hydrogen-bond donors (Lipinski definition) is 1. The number of aromatic amines is 1. The third-order valence-electron chi connectivity index (χ3n) is 7.24. The molecule has 40 heavy (non-hydrogen) atoms. The van der Waals surface area contributed by atoms with Gasteiger partial charge in [-0.3, -0.25) is 14.4 Å². The summed E-state index contributed by atoms with van der Waals surface area (Å²) in [6.45, 7) is 2.20. The van der Waals surface area contributed by atoms with E-state index in [2.05, 4.69) is 9.97 Å². The number of para-hydroxylation sites is 3. The monoisotopic (exact) mass is 553 g/mol. The van der Waals surface area contributed by atoms with Gasteiger partial charge >= 0.3 is 0 Å². The number of rotatable bonds is 9. The Bertz CT molecular complexity index is 1670. The van der Waals surface area contributed by atoms with E-state index < -0.39 is 0 Å². The minimum atomic E-state index is -0.352. The van der Waals surface area contributed by atoms with Crippen molar-refractivity contribution in [1.29, 1.82) is 0 Å². The van der Waals surface area contributed by atoms with Crippen molar-refractivity contribution in [1.82, 2.24) is 14.9 Å². The van der Waals surface area contributed by atoms with E-state index in [-0.39, 0.29) is 54.2 Å². The maximum atomic E-state index is 13.0. The lowest BCUT2D eigenvalue weighted by molar-refractivity contribution is -0.155. The van der Waals surface area contributed by atoms with E-state index in [4.69, 9.17) is 9.47 Å². The summed E-state index contributed by atoms with van der Waals surface area (Å²) in [5.74, 6) is 1.18. The Morgan fingerprint density at radius 2 is 1.73 bits per heavy atom. The maximum absolute atomic E-state index is 13.0. The van der Waals surface area contributed by atoms with Gasteiger partial charge in [-0.25, -0.2) is 4.98 Å². The smallest absolute Gasteiger partial charge is 0.259 e. The summed E-state index contributed by atoms with van der Waals surface area (Å²) in [6.07, 6.45) is 0.163. The molecule has 0 radical (unpaired) electrons. The summed E-state index contributed by atoms with van der Waals surface area (Å²) in [5.41, 5.74) is 2.04. The van der Waals surface area contributed by atoms with Crippen LogP contribution in [0.3, 0.4) is 0 Å². The minimum Gasteiger partial charge on any atom is -0.488 e. The van der Waals surface area contributed by atoms with Gasteiger partial charge in [0.25, 0.3) is 5.56 Å². The molecule has 3 heterocycles. The summed E-state index contributed by atoms with van der Waals surface area (Å²) < 4.78 is 11.8. The van der Waals surface area contributed by atoms with Crippen LogP contribution in [-0.2, 0) is 9.59 Å². The topological polar surface area (TPSA) is 102 Å². The maximum Gasteiger partial charge on any atom is 0.259 e. The molecule has 3 unspecified atom stereocenters. The van der Waals surface area contributed by atoms with E-state index in [9.17, 15) is 14.4 Å². The number of amides is 1. The molecule has 2 aliphatic heterocycles. The average Bonchev–Trinajstić information content (AvgIpc) is 2.98. The molecular weight excluding hydrogens is 526 g/mol. The van der Waals surface area contributed by atoms with Crippen LogP contribution in [0.1, 0.15) is 13.3 Å². The Kier molecular flexibility index (Phi) is 7.13. The summed E-state index contributed by atoms with van der Waals surface area (Å²) in [7, 11) is 0. The second-order valence-electron chi connectivity index (χ2n) is 9.81. The Morgan fingerprint density at radius 3 is 2.58 bits per heavy atom. The van der Waals surface area contributed by atoms with E-state index >= 15 is 0 Å². The number of H-pyrrole nitrogens is 1. The van der Waals surface area contributed by atoms with Crippen LogP contribution in [0.2, 0.25) is 0 Å². The quantitative estimate of drug-likeness (QED) is 0.297. The Morgan fingerprint density at radius 1 is 0.975 bits per heavy atom. The van der Waals surface area contributed by atoms with Crippen LogP contribution < -0.4 is 15.0 Å². The molecule has 2 aliphatic rings. The molecule has 0 aliphatic carbocycles. The lowest BCUT2D eigenvalue weighted by Gasteiger charge is -2.52. The number of aromatic nitrogens is 2. The average molecular weight is 554 g/mol. The number of hydrogen-bond acceptors (Lipinski definition) is 7. The third kappa shape index (κ3) is 5.00. The number of Topliss-reactive ketones (excluding diaryl/α,β-unsaturated/α-hetero) is 1. The predicted molar refractivity (Wildman–Crippen MR) is 154 cm³/mol. The molecule has 1 N–H and O–H groups in total. The highest BCUT2D eigenvalue weighted by Gasteiger charge is 2.52. The van der Waals surface area contributed by atoms with Crippen LogP contribution in [0.15, 0.2) is 94.6 Å². The molecule has 202 valence electrons. The second kappa shape index (κ2) is 11.0. The molecule has 8 nitrogen and oxygen atoms in total. The van der Waals surface area contributed by atoms with Crippen LogP contribution in [-0.4, -0.2) is 51.2 Å². The molecule has 1 aromatic heterocycles. The van der Waals surface area contributed by atoms with Crippen molar-refractivity contribution in [3.05, 3.63) is 100 Å². The van der Waals surface area contributed by atoms with E-state index in [1.165, 1.54) is 0 Å². The number of ether oxygens (including phenoxy) is 2. The fourth-order valence-electron chi connectivity index (χ4n) is 5.05. The zero-order valence-corrected chi connectivity index (χ0v) is 22.6. The van der Waals surface area contributed by atoms with Gasteiger partial charge in [-0.05, 0) is 54.3 Å². The van der Waals surface area contributed by atoms with E-state index in [1.54, 1.807) is 42.1 Å². The molecule has 1 saturated heterocycles. The van der Waals surface area contributed by atoms with Crippen molar-refractivity contribution in [2.75, 3.05) is 13.2 Å². The molecule has 3 aromatic carbocycles. The molecule has 1 fully saturated rings. The van der Waals surface area contributed by atoms with Gasteiger partial charge in [0.1, 0.15) is 30.5 Å². The molecule has 0 saturated carbocycles. The highest BCUT2D eigenvalue weighted by molar-refractivity contribution is 8.02. The molecule has 4 aromatic rings. The summed E-state index contributed by atoms with van der Waals surface area (Å²) in [4.78, 5) is 47.5. The number of β-lactam (4-membered cyclic amide) rings is 1. The van der Waals surface area contributed by atoms with E-state index in [1.807, 2.05) is 65.8 Å². The number of carbonyl (C=O) groups is 2. The minimum absolute atomic E-state index is 0.0259. The van der Waals surface area contributed by atoms with Crippen molar-refractivity contribution < 1.29 is 19.1 Å². The van der Waals surface area contributed by atoms with Crippen LogP contribution in [0.4, 0.5) is 0 Å². The van der Waals surface area contributed by atoms with Crippen molar-refractivity contribution in [2.24, 2.45) is 5.92 Å². The van der Waals surface area contributed by atoms with Crippen LogP contribution in [0, 0.1) is 5.92 Å².